The van der Waals surface area contributed by atoms with Gasteiger partial charge < -0.3 is 19.1 Å². The minimum absolute atomic E-state index is 0.119. The number of benzene rings is 2. The molecule has 4 rings (SSSR count). The fourth-order valence-electron chi connectivity index (χ4n) is 4.11. The highest BCUT2D eigenvalue weighted by atomic mass is 16.7. The fraction of sp³-hybridized carbons (Fsp3) is 0.435. The Morgan fingerprint density at radius 3 is 2.61 bits per heavy atom. The van der Waals surface area contributed by atoms with Crippen LogP contribution in [-0.2, 0) is 20.1 Å². The van der Waals surface area contributed by atoms with Gasteiger partial charge in [0.1, 0.15) is 5.75 Å². The third-order valence-electron chi connectivity index (χ3n) is 5.28. The summed E-state index contributed by atoms with van der Waals surface area (Å²) in [6, 6.07) is 12.1. The van der Waals surface area contributed by atoms with Crippen molar-refractivity contribution in [3.05, 3.63) is 58.7 Å². The molecule has 1 spiro atoms. The van der Waals surface area contributed by atoms with Gasteiger partial charge in [0.05, 0.1) is 25.5 Å². The van der Waals surface area contributed by atoms with Gasteiger partial charge in [-0.05, 0) is 62.9 Å². The molecule has 0 bridgehead atoms. The molecule has 0 N–H and O–H groups in total. The summed E-state index contributed by atoms with van der Waals surface area (Å²) in [5, 5.41) is 0. The zero-order valence-electron chi connectivity index (χ0n) is 16.8. The third-order valence-corrected chi connectivity index (χ3v) is 5.28. The van der Waals surface area contributed by atoms with E-state index in [2.05, 4.69) is 6.07 Å². The van der Waals surface area contributed by atoms with E-state index in [0.29, 0.717) is 26.4 Å². The Kier molecular flexibility index (Phi) is 5.13. The number of amides is 1. The van der Waals surface area contributed by atoms with Gasteiger partial charge in [-0.3, -0.25) is 4.79 Å². The van der Waals surface area contributed by atoms with E-state index in [4.69, 9.17) is 14.2 Å². The largest absolute Gasteiger partial charge is 0.494 e. The van der Waals surface area contributed by atoms with E-state index < -0.39 is 5.79 Å². The maximum atomic E-state index is 13.3. The van der Waals surface area contributed by atoms with E-state index in [9.17, 15) is 4.79 Å². The Bertz CT molecular complexity index is 886. The zero-order valence-corrected chi connectivity index (χ0v) is 16.8. The van der Waals surface area contributed by atoms with Crippen LogP contribution in [0.4, 0.5) is 5.69 Å². The van der Waals surface area contributed by atoms with Gasteiger partial charge in [-0.15, -0.1) is 0 Å². The monoisotopic (exact) mass is 381 g/mol. The molecule has 2 aliphatic rings. The lowest BCUT2D eigenvalue weighted by Gasteiger charge is -2.32. The van der Waals surface area contributed by atoms with Crippen molar-refractivity contribution < 1.29 is 19.0 Å². The molecule has 0 radical (unpaired) electrons. The van der Waals surface area contributed by atoms with Crippen molar-refractivity contribution in [2.24, 2.45) is 0 Å². The standard InChI is InChI=1S/C23H27NO4/c1-16-7-4-8-19(14-16)26-10-5-9-24-21-18(3)13-17(2)15-20(21)23(22(24)25)27-11-6-12-28-23/h4,7-8,13-15H,5-6,9-12H2,1-3H3. The Balaban J connectivity index is 1.52. The first kappa shape index (κ1) is 19.0. The molecule has 0 aromatic heterocycles. The number of fused-ring (bicyclic) bond motifs is 2. The predicted molar refractivity (Wildman–Crippen MR) is 108 cm³/mol. The molecule has 0 saturated carbocycles. The maximum absolute atomic E-state index is 13.3. The van der Waals surface area contributed by atoms with Crippen molar-refractivity contribution in [3.63, 3.8) is 0 Å². The van der Waals surface area contributed by atoms with E-state index in [1.165, 1.54) is 5.56 Å². The lowest BCUT2D eigenvalue weighted by atomic mass is 10.00. The van der Waals surface area contributed by atoms with Crippen molar-refractivity contribution >= 4 is 11.6 Å². The first-order valence-corrected chi connectivity index (χ1v) is 9.92. The SMILES string of the molecule is Cc1cccc(OCCCN2C(=O)C3(OCCCO3)c3cc(C)cc(C)c32)c1. The number of ether oxygens (including phenoxy) is 3. The highest BCUT2D eigenvalue weighted by molar-refractivity contribution is 6.07. The molecular weight excluding hydrogens is 354 g/mol. The number of anilines is 1. The van der Waals surface area contributed by atoms with Gasteiger partial charge in [0.2, 0.25) is 0 Å². The van der Waals surface area contributed by atoms with Crippen LogP contribution in [0.2, 0.25) is 0 Å². The quantitative estimate of drug-likeness (QED) is 0.734. The van der Waals surface area contributed by atoms with Crippen LogP contribution in [0.3, 0.4) is 0 Å². The average Bonchev–Trinajstić information content (AvgIpc) is 2.89. The van der Waals surface area contributed by atoms with Crippen molar-refractivity contribution in [3.8, 4) is 5.75 Å². The van der Waals surface area contributed by atoms with Crippen LogP contribution in [-0.4, -0.2) is 32.3 Å². The predicted octanol–water partition coefficient (Wildman–Crippen LogP) is 4.02. The number of hydrogen-bond donors (Lipinski definition) is 0. The van der Waals surface area contributed by atoms with Crippen LogP contribution >= 0.6 is 0 Å². The second kappa shape index (κ2) is 7.57. The van der Waals surface area contributed by atoms with Crippen LogP contribution in [0, 0.1) is 20.8 Å². The first-order valence-electron chi connectivity index (χ1n) is 9.92. The van der Waals surface area contributed by atoms with Gasteiger partial charge in [-0.2, -0.15) is 0 Å². The molecule has 1 amide bonds. The summed E-state index contributed by atoms with van der Waals surface area (Å²) >= 11 is 0. The van der Waals surface area contributed by atoms with Crippen molar-refractivity contribution in [1.29, 1.82) is 0 Å². The Morgan fingerprint density at radius 2 is 1.86 bits per heavy atom. The van der Waals surface area contributed by atoms with Crippen LogP contribution in [0.5, 0.6) is 5.75 Å². The fourth-order valence-corrected chi connectivity index (χ4v) is 4.11. The van der Waals surface area contributed by atoms with Crippen LogP contribution in [0.1, 0.15) is 35.1 Å². The van der Waals surface area contributed by atoms with E-state index in [1.54, 1.807) is 0 Å². The molecule has 28 heavy (non-hydrogen) atoms. The van der Waals surface area contributed by atoms with Crippen LogP contribution in [0.25, 0.3) is 0 Å². The number of aryl methyl sites for hydroxylation is 3. The number of hydrogen-bond acceptors (Lipinski definition) is 4. The van der Waals surface area contributed by atoms with Gasteiger partial charge in [0, 0.05) is 12.1 Å². The summed E-state index contributed by atoms with van der Waals surface area (Å²) in [5.74, 6) is -0.538. The van der Waals surface area contributed by atoms with E-state index in [0.717, 1.165) is 41.0 Å². The van der Waals surface area contributed by atoms with Crippen molar-refractivity contribution in [1.82, 2.24) is 0 Å². The summed E-state index contributed by atoms with van der Waals surface area (Å²) in [6.07, 6.45) is 1.53. The second-order valence-corrected chi connectivity index (χ2v) is 7.62. The summed E-state index contributed by atoms with van der Waals surface area (Å²) in [4.78, 5) is 15.2. The van der Waals surface area contributed by atoms with Crippen molar-refractivity contribution in [2.75, 3.05) is 31.3 Å². The summed E-state index contributed by atoms with van der Waals surface area (Å²) in [7, 11) is 0. The molecule has 2 aliphatic heterocycles. The molecule has 1 fully saturated rings. The lowest BCUT2D eigenvalue weighted by molar-refractivity contribution is -0.256. The average molecular weight is 381 g/mol. The zero-order chi connectivity index (χ0) is 19.7. The summed E-state index contributed by atoms with van der Waals surface area (Å²) in [5.41, 5.74) is 5.10. The van der Waals surface area contributed by atoms with Crippen LogP contribution < -0.4 is 9.64 Å². The number of carbonyl (C=O) groups is 1. The van der Waals surface area contributed by atoms with Crippen molar-refractivity contribution in [2.45, 2.75) is 39.4 Å². The molecule has 2 aromatic rings. The molecule has 0 unspecified atom stereocenters. The molecule has 5 heteroatoms. The topological polar surface area (TPSA) is 48.0 Å². The maximum Gasteiger partial charge on any atom is 0.292 e. The number of nitrogens with zero attached hydrogens (tertiary/aromatic N) is 1. The lowest BCUT2D eigenvalue weighted by Crippen LogP contribution is -2.47. The van der Waals surface area contributed by atoms with E-state index >= 15 is 0 Å². The summed E-state index contributed by atoms with van der Waals surface area (Å²) in [6.45, 7) is 8.29. The molecule has 2 aromatic carbocycles. The van der Waals surface area contributed by atoms with Gasteiger partial charge >= 0.3 is 0 Å². The molecule has 5 nitrogen and oxygen atoms in total. The van der Waals surface area contributed by atoms with Crippen LogP contribution in [0.15, 0.2) is 36.4 Å². The highest BCUT2D eigenvalue weighted by Crippen LogP contribution is 2.47. The molecule has 1 saturated heterocycles. The molecule has 2 heterocycles. The molecular formula is C23H27NO4. The van der Waals surface area contributed by atoms with Gasteiger partial charge in [0.15, 0.2) is 0 Å². The summed E-state index contributed by atoms with van der Waals surface area (Å²) < 4.78 is 17.8. The number of carbonyl (C=O) groups excluding carboxylic acids is 1. The molecule has 148 valence electrons. The van der Waals surface area contributed by atoms with E-state index in [-0.39, 0.29) is 5.91 Å². The number of rotatable bonds is 5. The Hall–Kier alpha value is -2.37. The minimum Gasteiger partial charge on any atom is -0.494 e. The van der Waals surface area contributed by atoms with Gasteiger partial charge in [-0.1, -0.05) is 23.8 Å². The minimum atomic E-state index is -1.28. The normalized spacial score (nSPS) is 17.8. The highest BCUT2D eigenvalue weighted by Gasteiger charge is 2.55. The van der Waals surface area contributed by atoms with Gasteiger partial charge in [0.25, 0.3) is 11.7 Å². The van der Waals surface area contributed by atoms with E-state index in [1.807, 2.05) is 56.0 Å². The second-order valence-electron chi connectivity index (χ2n) is 7.62. The first-order chi connectivity index (χ1) is 13.5. The third kappa shape index (κ3) is 3.29. The Morgan fingerprint density at radius 1 is 1.07 bits per heavy atom. The smallest absolute Gasteiger partial charge is 0.292 e. The molecule has 0 atom stereocenters. The van der Waals surface area contributed by atoms with Gasteiger partial charge in [-0.25, -0.2) is 0 Å². The molecule has 0 aliphatic carbocycles. The Labute approximate surface area is 166 Å².